The molecule has 0 aromatic heterocycles. The van der Waals surface area contributed by atoms with Crippen LogP contribution in [0.25, 0.3) is 0 Å². The van der Waals surface area contributed by atoms with Crippen molar-refractivity contribution in [3.63, 3.8) is 0 Å². The molecule has 5 heteroatoms. The maximum absolute atomic E-state index is 11.4. The predicted octanol–water partition coefficient (Wildman–Crippen LogP) is 3.36. The fourth-order valence-corrected chi connectivity index (χ4v) is 4.89. The van der Waals surface area contributed by atoms with Gasteiger partial charge in [0.2, 0.25) is 0 Å². The molecule has 94 valence electrons. The van der Waals surface area contributed by atoms with Crippen molar-refractivity contribution in [3.05, 3.63) is 34.3 Å². The van der Waals surface area contributed by atoms with Crippen LogP contribution in [0.1, 0.15) is 22.9 Å². The van der Waals surface area contributed by atoms with Crippen LogP contribution in [0.4, 0.5) is 0 Å². The van der Waals surface area contributed by atoms with E-state index >= 15 is 0 Å². The van der Waals surface area contributed by atoms with Gasteiger partial charge in [0, 0.05) is 5.02 Å². The van der Waals surface area contributed by atoms with Crippen LogP contribution in [0.2, 0.25) is 5.02 Å². The third-order valence-corrected chi connectivity index (χ3v) is 5.83. The van der Waals surface area contributed by atoms with E-state index in [1.165, 1.54) is 0 Å². The van der Waals surface area contributed by atoms with Crippen molar-refractivity contribution in [1.82, 2.24) is 0 Å². The van der Waals surface area contributed by atoms with Gasteiger partial charge >= 0.3 is 0 Å². The van der Waals surface area contributed by atoms with Crippen LogP contribution in [-0.2, 0) is 9.84 Å². The molecule has 1 aliphatic heterocycles. The summed E-state index contributed by atoms with van der Waals surface area (Å²) >= 11 is 12.3. The normalized spacial score (nSPS) is 24.8. The van der Waals surface area contributed by atoms with Gasteiger partial charge < -0.3 is 0 Å². The van der Waals surface area contributed by atoms with Crippen LogP contribution in [0.5, 0.6) is 0 Å². The average molecular weight is 293 g/mol. The molecule has 1 heterocycles. The van der Waals surface area contributed by atoms with E-state index in [4.69, 9.17) is 23.2 Å². The zero-order valence-corrected chi connectivity index (χ0v) is 11.8. The van der Waals surface area contributed by atoms with Gasteiger partial charge in [0.05, 0.1) is 16.9 Å². The van der Waals surface area contributed by atoms with E-state index in [2.05, 4.69) is 0 Å². The fraction of sp³-hybridized carbons (Fsp3) is 0.500. The van der Waals surface area contributed by atoms with Gasteiger partial charge in [-0.2, -0.15) is 0 Å². The second-order valence-corrected chi connectivity index (χ2v) is 7.70. The lowest BCUT2D eigenvalue weighted by Crippen LogP contribution is -2.11. The van der Waals surface area contributed by atoms with E-state index < -0.39 is 9.84 Å². The SMILES string of the molecule is Cc1cc(Cl)ccc1C(Cl)C1CCS(=O)(=O)C1. The Morgan fingerprint density at radius 2 is 2.12 bits per heavy atom. The van der Waals surface area contributed by atoms with Gasteiger partial charge in [0.1, 0.15) is 0 Å². The molecule has 1 aliphatic rings. The molecule has 0 radical (unpaired) electrons. The zero-order chi connectivity index (χ0) is 12.6. The van der Waals surface area contributed by atoms with Crippen molar-refractivity contribution < 1.29 is 8.42 Å². The second-order valence-electron chi connectivity index (χ2n) is 4.57. The summed E-state index contributed by atoms with van der Waals surface area (Å²) in [6.07, 6.45) is 0.651. The van der Waals surface area contributed by atoms with E-state index in [1.807, 2.05) is 19.1 Å². The molecule has 0 saturated carbocycles. The molecule has 0 N–H and O–H groups in total. The lowest BCUT2D eigenvalue weighted by molar-refractivity contribution is 0.567. The van der Waals surface area contributed by atoms with Crippen LogP contribution < -0.4 is 0 Å². The molecule has 1 fully saturated rings. The number of hydrogen-bond acceptors (Lipinski definition) is 2. The molecule has 1 saturated heterocycles. The molecule has 1 aromatic rings. The van der Waals surface area contributed by atoms with Gasteiger partial charge in [-0.15, -0.1) is 11.6 Å². The van der Waals surface area contributed by atoms with E-state index in [1.54, 1.807) is 6.07 Å². The molecular formula is C12H14Cl2O2S. The molecule has 0 aliphatic carbocycles. The first-order chi connectivity index (χ1) is 7.89. The highest BCUT2D eigenvalue weighted by atomic mass is 35.5. The van der Waals surface area contributed by atoms with Gasteiger partial charge in [0.15, 0.2) is 9.84 Å². The third kappa shape index (κ3) is 2.95. The van der Waals surface area contributed by atoms with Crippen LogP contribution in [0.15, 0.2) is 18.2 Å². The van der Waals surface area contributed by atoms with Crippen LogP contribution in [0.3, 0.4) is 0 Å². The summed E-state index contributed by atoms with van der Waals surface area (Å²) in [4.78, 5) is 0. The Kier molecular flexibility index (Phi) is 3.71. The highest BCUT2D eigenvalue weighted by Crippen LogP contribution is 2.38. The van der Waals surface area contributed by atoms with Gasteiger partial charge in [-0.05, 0) is 42.5 Å². The number of sulfone groups is 1. The summed E-state index contributed by atoms with van der Waals surface area (Å²) in [7, 11) is -2.88. The number of alkyl halides is 1. The Bertz CT molecular complexity index is 525. The molecule has 1 aromatic carbocycles. The van der Waals surface area contributed by atoms with Crippen LogP contribution >= 0.6 is 23.2 Å². The minimum Gasteiger partial charge on any atom is -0.229 e. The molecule has 2 unspecified atom stereocenters. The van der Waals surface area contributed by atoms with Crippen molar-refractivity contribution in [2.45, 2.75) is 18.7 Å². The molecular weight excluding hydrogens is 279 g/mol. The molecule has 0 spiro atoms. The molecule has 2 atom stereocenters. The summed E-state index contributed by atoms with van der Waals surface area (Å²) in [6.45, 7) is 1.94. The van der Waals surface area contributed by atoms with Gasteiger partial charge in [0.25, 0.3) is 0 Å². The Hall–Kier alpha value is -0.250. The zero-order valence-electron chi connectivity index (χ0n) is 9.49. The Balaban J connectivity index is 2.23. The number of rotatable bonds is 2. The summed E-state index contributed by atoms with van der Waals surface area (Å²) < 4.78 is 22.9. The smallest absolute Gasteiger partial charge is 0.150 e. The lowest BCUT2D eigenvalue weighted by Gasteiger charge is -2.18. The molecule has 17 heavy (non-hydrogen) atoms. The Morgan fingerprint density at radius 1 is 1.41 bits per heavy atom. The molecule has 0 amide bonds. The third-order valence-electron chi connectivity index (χ3n) is 3.21. The van der Waals surface area contributed by atoms with Crippen LogP contribution in [0, 0.1) is 12.8 Å². The molecule has 2 rings (SSSR count). The van der Waals surface area contributed by atoms with E-state index in [0.717, 1.165) is 11.1 Å². The largest absolute Gasteiger partial charge is 0.229 e. The summed E-state index contributed by atoms with van der Waals surface area (Å²) in [6, 6.07) is 5.54. The van der Waals surface area contributed by atoms with Crippen molar-refractivity contribution in [2.24, 2.45) is 5.92 Å². The molecule has 2 nitrogen and oxygen atoms in total. The van der Waals surface area contributed by atoms with E-state index in [9.17, 15) is 8.42 Å². The van der Waals surface area contributed by atoms with Gasteiger partial charge in [-0.1, -0.05) is 17.7 Å². The second kappa shape index (κ2) is 4.79. The minimum absolute atomic E-state index is 0.0153. The maximum Gasteiger partial charge on any atom is 0.150 e. The van der Waals surface area contributed by atoms with Gasteiger partial charge in [-0.25, -0.2) is 8.42 Å². The quantitative estimate of drug-likeness (QED) is 0.783. The summed E-state index contributed by atoms with van der Waals surface area (Å²) in [5.74, 6) is 0.470. The first kappa shape index (κ1) is 13.2. The first-order valence-corrected chi connectivity index (χ1v) is 8.13. The van der Waals surface area contributed by atoms with Gasteiger partial charge in [-0.3, -0.25) is 0 Å². The fourth-order valence-electron chi connectivity index (χ4n) is 2.26. The summed E-state index contributed by atoms with van der Waals surface area (Å²) in [5, 5.41) is 0.429. The van der Waals surface area contributed by atoms with Crippen molar-refractivity contribution in [2.75, 3.05) is 11.5 Å². The number of hydrogen-bond donors (Lipinski definition) is 0. The van der Waals surface area contributed by atoms with E-state index in [-0.39, 0.29) is 22.8 Å². The maximum atomic E-state index is 11.4. The summed E-state index contributed by atoms with van der Waals surface area (Å²) in [5.41, 5.74) is 2.00. The lowest BCUT2D eigenvalue weighted by atomic mass is 9.95. The highest BCUT2D eigenvalue weighted by Gasteiger charge is 2.33. The standard InChI is InChI=1S/C12H14Cl2O2S/c1-8-6-10(13)2-3-11(8)12(14)9-4-5-17(15,16)7-9/h2-3,6,9,12H,4-5,7H2,1H3. The average Bonchev–Trinajstić information content (AvgIpc) is 2.58. The van der Waals surface area contributed by atoms with Crippen molar-refractivity contribution in [3.8, 4) is 0 Å². The van der Waals surface area contributed by atoms with Crippen LogP contribution in [-0.4, -0.2) is 19.9 Å². The first-order valence-electron chi connectivity index (χ1n) is 5.49. The Labute approximate surface area is 112 Å². The molecule has 0 bridgehead atoms. The minimum atomic E-state index is -2.88. The Morgan fingerprint density at radius 3 is 2.65 bits per heavy atom. The highest BCUT2D eigenvalue weighted by molar-refractivity contribution is 7.91. The monoisotopic (exact) mass is 292 g/mol. The number of benzene rings is 1. The number of aryl methyl sites for hydroxylation is 1. The topological polar surface area (TPSA) is 34.1 Å². The number of halogens is 2. The van der Waals surface area contributed by atoms with Crippen molar-refractivity contribution >= 4 is 33.0 Å². The predicted molar refractivity (Wildman–Crippen MR) is 71.5 cm³/mol. The van der Waals surface area contributed by atoms with Crippen molar-refractivity contribution in [1.29, 1.82) is 0 Å². The van der Waals surface area contributed by atoms with E-state index in [0.29, 0.717) is 11.4 Å².